The number of halogens is 4. The van der Waals surface area contributed by atoms with Crippen molar-refractivity contribution in [3.05, 3.63) is 106 Å². The third-order valence-corrected chi connectivity index (χ3v) is 6.45. The summed E-state index contributed by atoms with van der Waals surface area (Å²) in [4.78, 5) is 28.0. The smallest absolute Gasteiger partial charge is 0.383 e. The van der Waals surface area contributed by atoms with Crippen LogP contribution in [-0.4, -0.2) is 54.2 Å². The van der Waals surface area contributed by atoms with E-state index in [1.54, 1.807) is 18.2 Å². The summed E-state index contributed by atoms with van der Waals surface area (Å²) in [6.07, 6.45) is -4.28. The quantitative estimate of drug-likeness (QED) is 0.348. The Morgan fingerprint density at radius 2 is 1.69 bits per heavy atom. The van der Waals surface area contributed by atoms with Crippen LogP contribution in [0, 0.1) is 12.7 Å². The van der Waals surface area contributed by atoms with Crippen molar-refractivity contribution >= 4 is 17.5 Å². The van der Waals surface area contributed by atoms with Crippen LogP contribution >= 0.6 is 0 Å². The highest BCUT2D eigenvalue weighted by Gasteiger charge is 2.35. The van der Waals surface area contributed by atoms with E-state index in [1.807, 2.05) is 31.2 Å². The lowest BCUT2D eigenvalue weighted by Gasteiger charge is -2.27. The van der Waals surface area contributed by atoms with Gasteiger partial charge in [0.15, 0.2) is 0 Å². The van der Waals surface area contributed by atoms with Crippen LogP contribution in [0.5, 0.6) is 0 Å². The average Bonchev–Trinajstić information content (AvgIpc) is 3.36. The highest BCUT2D eigenvalue weighted by Crippen LogP contribution is 2.34. The number of aryl methyl sites for hydroxylation is 1. The van der Waals surface area contributed by atoms with Crippen molar-refractivity contribution in [1.29, 1.82) is 0 Å². The number of alkyl halides is 3. The number of hydrogen-bond donors (Lipinski definition) is 0. The first-order chi connectivity index (χ1) is 18.6. The maximum Gasteiger partial charge on any atom is 0.416 e. The molecule has 0 radical (unpaired) electrons. The zero-order valence-corrected chi connectivity index (χ0v) is 21.4. The number of hydrogen-bond acceptors (Lipinski definition) is 4. The molecule has 1 atom stereocenters. The molecule has 0 aliphatic carbocycles. The monoisotopic (exact) mass is 541 g/mol. The molecular formula is C29H27F4N3O3. The van der Waals surface area contributed by atoms with Crippen LogP contribution in [0.2, 0.25) is 0 Å². The van der Waals surface area contributed by atoms with Gasteiger partial charge < -0.3 is 9.64 Å². The van der Waals surface area contributed by atoms with Crippen molar-refractivity contribution in [3.8, 4) is 0 Å². The van der Waals surface area contributed by atoms with E-state index in [0.29, 0.717) is 5.71 Å². The molecule has 2 amide bonds. The van der Waals surface area contributed by atoms with E-state index in [-0.39, 0.29) is 30.7 Å². The van der Waals surface area contributed by atoms with Crippen molar-refractivity contribution in [3.63, 3.8) is 0 Å². The lowest BCUT2D eigenvalue weighted by atomic mass is 9.97. The summed E-state index contributed by atoms with van der Waals surface area (Å²) in [6, 6.07) is 17.0. The Balaban J connectivity index is 1.62. The fraction of sp³-hybridized carbons (Fsp3) is 0.276. The lowest BCUT2D eigenvalue weighted by molar-refractivity contribution is -0.137. The standard InChI is InChI=1S/C29H27F4N3O3/c1-19-7-9-20(10-8-19)26-17-25(23-5-3-4-6-24(23)30)34-36(26)27(37)18-35(15-16-39-2)28(38)21-11-13-22(14-12-21)29(31,32)33/h3-14,26H,15-18H2,1-2H3/t26-/m0/s1. The maximum absolute atomic E-state index is 14.6. The van der Waals surface area contributed by atoms with Gasteiger partial charge in [0, 0.05) is 31.2 Å². The first kappa shape index (κ1) is 28.0. The van der Waals surface area contributed by atoms with E-state index < -0.39 is 42.0 Å². The predicted octanol–water partition coefficient (Wildman–Crippen LogP) is 5.62. The molecule has 1 aliphatic heterocycles. The highest BCUT2D eigenvalue weighted by atomic mass is 19.4. The van der Waals surface area contributed by atoms with Gasteiger partial charge in [-0.25, -0.2) is 9.40 Å². The molecule has 10 heteroatoms. The van der Waals surface area contributed by atoms with Crippen LogP contribution in [0.4, 0.5) is 17.6 Å². The van der Waals surface area contributed by atoms with Crippen molar-refractivity contribution in [2.75, 3.05) is 26.8 Å². The van der Waals surface area contributed by atoms with E-state index in [4.69, 9.17) is 4.74 Å². The molecule has 0 unspecified atom stereocenters. The normalized spacial score (nSPS) is 15.3. The van der Waals surface area contributed by atoms with Crippen molar-refractivity contribution in [2.24, 2.45) is 5.10 Å². The molecule has 3 aromatic carbocycles. The van der Waals surface area contributed by atoms with Gasteiger partial charge in [0.1, 0.15) is 12.4 Å². The number of ether oxygens (including phenoxy) is 1. The van der Waals surface area contributed by atoms with Gasteiger partial charge in [-0.15, -0.1) is 0 Å². The molecule has 4 rings (SSSR count). The van der Waals surface area contributed by atoms with Crippen LogP contribution in [0.1, 0.15) is 45.1 Å². The molecule has 0 spiro atoms. The topological polar surface area (TPSA) is 62.2 Å². The molecule has 0 bridgehead atoms. The zero-order chi connectivity index (χ0) is 28.2. The van der Waals surface area contributed by atoms with Gasteiger partial charge in [0.2, 0.25) is 0 Å². The first-order valence-corrected chi connectivity index (χ1v) is 12.2. The molecule has 6 nitrogen and oxygen atoms in total. The first-order valence-electron chi connectivity index (χ1n) is 12.2. The second-order valence-electron chi connectivity index (χ2n) is 9.19. The Bertz CT molecular complexity index is 1360. The summed E-state index contributed by atoms with van der Waals surface area (Å²) in [6.45, 7) is 1.66. The van der Waals surface area contributed by atoms with Crippen molar-refractivity contribution < 1.29 is 31.9 Å². The van der Waals surface area contributed by atoms with Crippen LogP contribution < -0.4 is 0 Å². The van der Waals surface area contributed by atoms with Crippen LogP contribution in [-0.2, 0) is 15.7 Å². The van der Waals surface area contributed by atoms with Gasteiger partial charge in [0.25, 0.3) is 11.8 Å². The largest absolute Gasteiger partial charge is 0.416 e. The number of methoxy groups -OCH3 is 1. The van der Waals surface area contributed by atoms with E-state index in [2.05, 4.69) is 5.10 Å². The van der Waals surface area contributed by atoms with Crippen LogP contribution in [0.3, 0.4) is 0 Å². The highest BCUT2D eigenvalue weighted by molar-refractivity contribution is 6.04. The molecule has 0 aromatic heterocycles. The Labute approximate surface area is 223 Å². The number of carbonyl (C=O) groups excluding carboxylic acids is 2. The van der Waals surface area contributed by atoms with Gasteiger partial charge in [-0.1, -0.05) is 48.0 Å². The van der Waals surface area contributed by atoms with Gasteiger partial charge in [-0.3, -0.25) is 9.59 Å². The number of benzene rings is 3. The molecular weight excluding hydrogens is 514 g/mol. The van der Waals surface area contributed by atoms with E-state index in [9.17, 15) is 27.2 Å². The third kappa shape index (κ3) is 6.51. The zero-order valence-electron chi connectivity index (χ0n) is 21.4. The summed E-state index contributed by atoms with van der Waals surface area (Å²) in [7, 11) is 1.43. The van der Waals surface area contributed by atoms with Gasteiger partial charge in [-0.2, -0.15) is 18.3 Å². The van der Waals surface area contributed by atoms with Crippen molar-refractivity contribution in [1.82, 2.24) is 9.91 Å². The number of hydrazone groups is 1. The Hall–Kier alpha value is -4.05. The molecule has 3 aromatic rings. The molecule has 39 heavy (non-hydrogen) atoms. The van der Waals surface area contributed by atoms with E-state index in [0.717, 1.165) is 35.4 Å². The van der Waals surface area contributed by atoms with Crippen LogP contribution in [0.25, 0.3) is 0 Å². The van der Waals surface area contributed by atoms with Gasteiger partial charge >= 0.3 is 6.18 Å². The third-order valence-electron chi connectivity index (χ3n) is 6.45. The number of amides is 2. The minimum Gasteiger partial charge on any atom is -0.383 e. The minimum absolute atomic E-state index is 0.000966. The molecule has 204 valence electrons. The van der Waals surface area contributed by atoms with Crippen molar-refractivity contribution in [2.45, 2.75) is 25.6 Å². The summed E-state index contributed by atoms with van der Waals surface area (Å²) in [5.41, 5.74) is 1.61. The fourth-order valence-corrected chi connectivity index (χ4v) is 4.32. The second-order valence-corrected chi connectivity index (χ2v) is 9.19. The summed E-state index contributed by atoms with van der Waals surface area (Å²) < 4.78 is 58.6. The average molecular weight is 542 g/mol. The summed E-state index contributed by atoms with van der Waals surface area (Å²) >= 11 is 0. The molecule has 0 saturated carbocycles. The molecule has 0 fully saturated rings. The molecule has 0 N–H and O–H groups in total. The Morgan fingerprint density at radius 3 is 2.31 bits per heavy atom. The molecule has 1 aliphatic rings. The van der Waals surface area contributed by atoms with E-state index >= 15 is 0 Å². The van der Waals surface area contributed by atoms with E-state index in [1.165, 1.54) is 23.1 Å². The lowest BCUT2D eigenvalue weighted by Crippen LogP contribution is -2.42. The van der Waals surface area contributed by atoms with Gasteiger partial charge in [-0.05, 0) is 42.8 Å². The fourth-order valence-electron chi connectivity index (χ4n) is 4.32. The summed E-state index contributed by atoms with van der Waals surface area (Å²) in [5.74, 6) is -1.62. The Morgan fingerprint density at radius 1 is 1.03 bits per heavy atom. The number of carbonyl (C=O) groups is 2. The maximum atomic E-state index is 14.6. The second kappa shape index (κ2) is 11.8. The Kier molecular flexibility index (Phi) is 8.44. The minimum atomic E-state index is -4.54. The number of rotatable bonds is 8. The SMILES string of the molecule is COCCN(CC(=O)N1N=C(c2ccccc2F)C[C@H]1c1ccc(C)cc1)C(=O)c1ccc(C(F)(F)F)cc1. The molecule has 1 heterocycles. The molecule has 0 saturated heterocycles. The van der Waals surface area contributed by atoms with Gasteiger partial charge in [0.05, 0.1) is 23.9 Å². The number of nitrogens with zero attached hydrogens (tertiary/aromatic N) is 3. The summed E-state index contributed by atoms with van der Waals surface area (Å²) in [5, 5.41) is 5.73. The predicted molar refractivity (Wildman–Crippen MR) is 138 cm³/mol. The van der Waals surface area contributed by atoms with Crippen LogP contribution in [0.15, 0.2) is 77.9 Å².